The summed E-state index contributed by atoms with van der Waals surface area (Å²) in [5, 5.41) is 10.9. The number of aryl methyl sites for hydroxylation is 1. The van der Waals surface area contributed by atoms with E-state index in [9.17, 15) is 18.7 Å². The van der Waals surface area contributed by atoms with Gasteiger partial charge in [-0.2, -0.15) is 0 Å². The van der Waals surface area contributed by atoms with Gasteiger partial charge in [0.05, 0.1) is 18.1 Å². The van der Waals surface area contributed by atoms with Crippen LogP contribution >= 0.6 is 11.6 Å². The van der Waals surface area contributed by atoms with Crippen molar-refractivity contribution in [3.8, 4) is 16.9 Å². The standard InChI is InChI=1S/C27H23ClF2N2O3/c1-14-17-4-3-9-35-26(17)21(28)11-19(14)25-18-7-8-32(13-16-5-6-22(29)23(30)10-16)27(18)31-15(2)20(25)12-24(33)34/h5-8,10-11H,3-4,9,12-13H2,1-2H3,(H,33,34). The Hall–Kier alpha value is -3.45. The molecule has 0 unspecified atom stereocenters. The monoisotopic (exact) mass is 496 g/mol. The molecule has 0 spiro atoms. The van der Waals surface area contributed by atoms with Crippen LogP contribution in [0.1, 0.15) is 34.4 Å². The third kappa shape index (κ3) is 4.14. The number of aliphatic carboxylic acids is 1. The van der Waals surface area contributed by atoms with Crippen LogP contribution in [0, 0.1) is 25.5 Å². The zero-order valence-corrected chi connectivity index (χ0v) is 20.0. The molecule has 5 nitrogen and oxygen atoms in total. The van der Waals surface area contributed by atoms with Crippen LogP contribution in [0.2, 0.25) is 5.02 Å². The molecule has 1 N–H and O–H groups in total. The van der Waals surface area contributed by atoms with E-state index in [1.54, 1.807) is 6.92 Å². The maximum atomic E-state index is 13.8. The minimum absolute atomic E-state index is 0.191. The molecule has 5 rings (SSSR count). The molecule has 0 bridgehead atoms. The Kier molecular flexibility index (Phi) is 5.97. The Morgan fingerprint density at radius 2 is 2.00 bits per heavy atom. The number of nitrogens with zero attached hydrogens (tertiary/aromatic N) is 2. The number of hydrogen-bond donors (Lipinski definition) is 1. The van der Waals surface area contributed by atoms with Gasteiger partial charge in [0.2, 0.25) is 0 Å². The molecule has 0 saturated heterocycles. The Labute approximate surface area is 205 Å². The first-order valence-electron chi connectivity index (χ1n) is 11.3. The van der Waals surface area contributed by atoms with Crippen LogP contribution < -0.4 is 4.74 Å². The van der Waals surface area contributed by atoms with Crippen LogP contribution in [0.5, 0.6) is 5.75 Å². The van der Waals surface area contributed by atoms with Crippen molar-refractivity contribution in [2.75, 3.05) is 6.61 Å². The number of benzene rings is 2. The lowest BCUT2D eigenvalue weighted by Crippen LogP contribution is -2.12. The van der Waals surface area contributed by atoms with Gasteiger partial charge in [0, 0.05) is 23.8 Å². The number of carbonyl (C=O) groups is 1. The number of aromatic nitrogens is 2. The van der Waals surface area contributed by atoms with Gasteiger partial charge in [-0.3, -0.25) is 4.79 Å². The van der Waals surface area contributed by atoms with E-state index < -0.39 is 17.6 Å². The molecule has 0 amide bonds. The number of hydrogen-bond acceptors (Lipinski definition) is 3. The summed E-state index contributed by atoms with van der Waals surface area (Å²) >= 11 is 6.63. The van der Waals surface area contributed by atoms with E-state index in [1.165, 1.54) is 12.1 Å². The summed E-state index contributed by atoms with van der Waals surface area (Å²) in [6.07, 6.45) is 3.34. The molecule has 4 aromatic rings. The van der Waals surface area contributed by atoms with Gasteiger partial charge in [-0.15, -0.1) is 0 Å². The quantitative estimate of drug-likeness (QED) is 0.354. The van der Waals surface area contributed by atoms with Gasteiger partial charge in [0.25, 0.3) is 0 Å². The van der Waals surface area contributed by atoms with Crippen molar-refractivity contribution in [2.45, 2.75) is 39.7 Å². The molecule has 8 heteroatoms. The molecule has 0 fully saturated rings. The molecule has 0 aliphatic carbocycles. The van der Waals surface area contributed by atoms with Gasteiger partial charge in [-0.1, -0.05) is 17.7 Å². The fourth-order valence-electron chi connectivity index (χ4n) is 4.91. The van der Waals surface area contributed by atoms with Crippen LogP contribution in [0.4, 0.5) is 8.78 Å². The number of carboxylic acids is 1. The molecule has 35 heavy (non-hydrogen) atoms. The molecule has 0 radical (unpaired) electrons. The van der Waals surface area contributed by atoms with Crippen LogP contribution in [-0.2, 0) is 24.2 Å². The van der Waals surface area contributed by atoms with Crippen molar-refractivity contribution in [1.29, 1.82) is 0 Å². The Bertz CT molecular complexity index is 1500. The van der Waals surface area contributed by atoms with Gasteiger partial charge in [-0.25, -0.2) is 13.8 Å². The third-order valence-electron chi connectivity index (χ3n) is 6.59. The number of carboxylic acid groups (broad SMARTS) is 1. The van der Waals surface area contributed by atoms with Crippen molar-refractivity contribution in [2.24, 2.45) is 0 Å². The number of halogens is 3. The average molecular weight is 497 g/mol. The second-order valence-electron chi connectivity index (χ2n) is 8.84. The molecule has 1 aliphatic heterocycles. The van der Waals surface area contributed by atoms with E-state index in [4.69, 9.17) is 21.3 Å². The molecule has 2 aromatic carbocycles. The summed E-state index contributed by atoms with van der Waals surface area (Å²) in [6, 6.07) is 7.52. The second kappa shape index (κ2) is 8.96. The van der Waals surface area contributed by atoms with Gasteiger partial charge in [0.1, 0.15) is 11.4 Å². The molecule has 1 aliphatic rings. The fourth-order valence-corrected chi connectivity index (χ4v) is 5.19. The topological polar surface area (TPSA) is 64.4 Å². The summed E-state index contributed by atoms with van der Waals surface area (Å²) in [4.78, 5) is 16.5. The SMILES string of the molecule is Cc1nc2c(ccn2Cc2ccc(F)c(F)c2)c(-c2cc(Cl)c3c(c2C)CCCO3)c1CC(=O)O. The zero-order chi connectivity index (χ0) is 24.9. The Morgan fingerprint density at radius 3 is 2.74 bits per heavy atom. The average Bonchev–Trinajstić information content (AvgIpc) is 3.21. The normalized spacial score (nSPS) is 13.1. The molecular weight excluding hydrogens is 474 g/mol. The van der Waals surface area contributed by atoms with Crippen molar-refractivity contribution < 1.29 is 23.4 Å². The summed E-state index contributed by atoms with van der Waals surface area (Å²) in [5.74, 6) is -2.07. The van der Waals surface area contributed by atoms with Gasteiger partial charge in [0.15, 0.2) is 11.6 Å². The zero-order valence-electron chi connectivity index (χ0n) is 19.3. The minimum Gasteiger partial charge on any atom is -0.492 e. The van der Waals surface area contributed by atoms with E-state index in [2.05, 4.69) is 0 Å². The van der Waals surface area contributed by atoms with Crippen LogP contribution in [0.3, 0.4) is 0 Å². The highest BCUT2D eigenvalue weighted by Gasteiger charge is 2.25. The van der Waals surface area contributed by atoms with E-state index in [0.29, 0.717) is 39.8 Å². The van der Waals surface area contributed by atoms with Crippen molar-refractivity contribution in [3.05, 3.63) is 81.1 Å². The summed E-state index contributed by atoms with van der Waals surface area (Å²) in [6.45, 7) is 4.68. The summed E-state index contributed by atoms with van der Waals surface area (Å²) in [5.41, 5.74) is 6.06. The van der Waals surface area contributed by atoms with Crippen molar-refractivity contribution in [1.82, 2.24) is 9.55 Å². The van der Waals surface area contributed by atoms with Gasteiger partial charge < -0.3 is 14.4 Å². The molecule has 3 heterocycles. The van der Waals surface area contributed by atoms with E-state index in [1.807, 2.05) is 29.8 Å². The van der Waals surface area contributed by atoms with Crippen molar-refractivity contribution in [3.63, 3.8) is 0 Å². The highest BCUT2D eigenvalue weighted by Crippen LogP contribution is 2.44. The second-order valence-corrected chi connectivity index (χ2v) is 9.25. The van der Waals surface area contributed by atoms with E-state index in [-0.39, 0.29) is 13.0 Å². The molecule has 180 valence electrons. The van der Waals surface area contributed by atoms with Gasteiger partial charge >= 0.3 is 5.97 Å². The maximum absolute atomic E-state index is 13.8. The molecule has 2 aromatic heterocycles. The highest BCUT2D eigenvalue weighted by molar-refractivity contribution is 6.32. The lowest BCUT2D eigenvalue weighted by Gasteiger charge is -2.24. The van der Waals surface area contributed by atoms with Crippen LogP contribution in [-0.4, -0.2) is 27.2 Å². The lowest BCUT2D eigenvalue weighted by molar-refractivity contribution is -0.136. The number of ether oxygens (including phenoxy) is 1. The predicted octanol–water partition coefficient (Wildman–Crippen LogP) is 6.25. The summed E-state index contributed by atoms with van der Waals surface area (Å²) < 4.78 is 34.9. The van der Waals surface area contributed by atoms with Crippen LogP contribution in [0.25, 0.3) is 22.2 Å². The first-order chi connectivity index (χ1) is 16.7. The largest absolute Gasteiger partial charge is 0.492 e. The van der Waals surface area contributed by atoms with Crippen molar-refractivity contribution >= 4 is 28.6 Å². The first-order valence-corrected chi connectivity index (χ1v) is 11.7. The molecule has 0 atom stereocenters. The maximum Gasteiger partial charge on any atom is 0.307 e. The Balaban J connectivity index is 1.74. The number of fused-ring (bicyclic) bond motifs is 2. The summed E-state index contributed by atoms with van der Waals surface area (Å²) in [7, 11) is 0. The van der Waals surface area contributed by atoms with Gasteiger partial charge in [-0.05, 0) is 84.3 Å². The molecule has 0 saturated carbocycles. The fraction of sp³-hybridized carbons (Fsp3) is 0.259. The first kappa shape index (κ1) is 23.3. The minimum atomic E-state index is -0.957. The van der Waals surface area contributed by atoms with E-state index >= 15 is 0 Å². The lowest BCUT2D eigenvalue weighted by atomic mass is 9.88. The number of pyridine rings is 1. The van der Waals surface area contributed by atoms with Crippen LogP contribution in [0.15, 0.2) is 36.5 Å². The Morgan fingerprint density at radius 1 is 1.20 bits per heavy atom. The van der Waals surface area contributed by atoms with E-state index in [0.717, 1.165) is 46.5 Å². The number of rotatable bonds is 5. The molecular formula is C27H23ClF2N2O3. The third-order valence-corrected chi connectivity index (χ3v) is 6.87. The predicted molar refractivity (Wildman–Crippen MR) is 130 cm³/mol. The highest BCUT2D eigenvalue weighted by atomic mass is 35.5. The smallest absolute Gasteiger partial charge is 0.307 e.